The number of benzene rings is 2. The van der Waals surface area contributed by atoms with E-state index in [1.807, 2.05) is 97.1 Å². The summed E-state index contributed by atoms with van der Waals surface area (Å²) in [5.41, 5.74) is 9.21. The van der Waals surface area contributed by atoms with Crippen molar-refractivity contribution in [3.63, 3.8) is 0 Å². The molecule has 3 aromatic heterocycles. The summed E-state index contributed by atoms with van der Waals surface area (Å²) in [6.45, 7) is 1.17. The lowest BCUT2D eigenvalue weighted by Gasteiger charge is -2.09. The zero-order chi connectivity index (χ0) is 35.9. The second kappa shape index (κ2) is 16.6. The average Bonchev–Trinajstić information content (AvgIpc) is 4.01. The molecule has 0 saturated carbocycles. The molecule has 0 atom stereocenters. The molecule has 12 heteroatoms. The Hall–Kier alpha value is -4.94. The van der Waals surface area contributed by atoms with Gasteiger partial charge in [-0.25, -0.2) is 9.97 Å². The number of aliphatic hydroxyl groups is 2. The number of fused-ring (bicyclic) bond motifs is 8. The van der Waals surface area contributed by atoms with Gasteiger partial charge in [-0.2, -0.15) is 0 Å². The minimum Gasteiger partial charge on any atom is -0.468 e. The Morgan fingerprint density at radius 1 is 0.500 bits per heavy atom. The molecule has 0 spiro atoms. The Bertz CT molecular complexity index is 2100. The summed E-state index contributed by atoms with van der Waals surface area (Å²) in [5, 5.41) is 18.8. The summed E-state index contributed by atoms with van der Waals surface area (Å²) >= 11 is 14.1. The van der Waals surface area contributed by atoms with E-state index in [9.17, 15) is 0 Å². The first-order valence-corrected chi connectivity index (χ1v) is 17.6. The molecule has 10 nitrogen and oxygen atoms in total. The highest BCUT2D eigenvalue weighted by Crippen LogP contribution is 2.36. The van der Waals surface area contributed by atoms with Crippen LogP contribution in [0.1, 0.15) is 35.6 Å². The predicted molar refractivity (Wildman–Crippen MR) is 206 cm³/mol. The van der Waals surface area contributed by atoms with E-state index in [1.165, 1.54) is 0 Å². The molecule has 2 aliphatic heterocycles. The van der Waals surface area contributed by atoms with Gasteiger partial charge in [0, 0.05) is 35.4 Å². The van der Waals surface area contributed by atoms with Crippen LogP contribution in [0.5, 0.6) is 11.5 Å². The SMILES string of the molecule is OCCCOCOc1ccc(-c2c3nc(c(Cl)c4ccc([nH]4)c(-c4ccc(OCOCCCO)cc4)c4nc(c(Cl)c5ccc2[nH]5)C=C4)C=C3)cc1. The van der Waals surface area contributed by atoms with E-state index in [0.717, 1.165) is 44.7 Å². The largest absolute Gasteiger partial charge is 0.468 e. The van der Waals surface area contributed by atoms with E-state index >= 15 is 0 Å². The van der Waals surface area contributed by atoms with Crippen molar-refractivity contribution >= 4 is 69.6 Å². The first kappa shape index (κ1) is 35.5. The lowest BCUT2D eigenvalue weighted by atomic mass is 10.0. The number of hydrogen-bond acceptors (Lipinski definition) is 8. The van der Waals surface area contributed by atoms with Gasteiger partial charge in [-0.15, -0.1) is 0 Å². The second-order valence-corrected chi connectivity index (χ2v) is 12.7. The number of hydrogen-bond donors (Lipinski definition) is 4. The van der Waals surface area contributed by atoms with Gasteiger partial charge in [-0.3, -0.25) is 0 Å². The summed E-state index contributed by atoms with van der Waals surface area (Å²) in [6, 6.07) is 23.2. The smallest absolute Gasteiger partial charge is 0.189 e. The van der Waals surface area contributed by atoms with Crippen molar-refractivity contribution in [1.29, 1.82) is 0 Å². The predicted octanol–water partition coefficient (Wildman–Crippen LogP) is 8.77. The molecule has 5 aromatic rings. The lowest BCUT2D eigenvalue weighted by molar-refractivity contribution is 0.00936. The Kier molecular flexibility index (Phi) is 11.3. The van der Waals surface area contributed by atoms with Crippen LogP contribution in [0.15, 0.2) is 72.8 Å². The molecule has 4 N–H and O–H groups in total. The third-order valence-corrected chi connectivity index (χ3v) is 9.22. The fourth-order valence-corrected chi connectivity index (χ4v) is 6.28. The second-order valence-electron chi connectivity index (χ2n) is 11.9. The Balaban J connectivity index is 1.32. The standard InChI is InChI=1S/C40H36Cl2N4O6/c41-39-33-15-11-29(43-33)37(25-3-7-27(8-4-25)51-23-49-21-1-19-47)30-12-16-34(44-30)40(42)36-18-14-32(46-36)38(31-13-17-35(39)45-31)26-5-9-28(10-6-26)52-24-50-22-2-20-48/h3-18,43,46-48H,1-2,19-24H2. The fourth-order valence-electron chi connectivity index (χ4n) is 5.85. The van der Waals surface area contributed by atoms with Gasteiger partial charge in [0.2, 0.25) is 0 Å². The molecule has 8 bridgehead atoms. The number of ether oxygens (including phenoxy) is 4. The molecule has 0 saturated heterocycles. The summed E-state index contributed by atoms with van der Waals surface area (Å²) in [4.78, 5) is 17.0. The van der Waals surface area contributed by atoms with Crippen molar-refractivity contribution in [2.24, 2.45) is 0 Å². The van der Waals surface area contributed by atoms with Gasteiger partial charge in [0.1, 0.15) is 11.5 Å². The van der Waals surface area contributed by atoms with Crippen molar-refractivity contribution in [1.82, 2.24) is 19.9 Å². The number of aromatic nitrogens is 4. The highest BCUT2D eigenvalue weighted by molar-refractivity contribution is 6.36. The fraction of sp³-hybridized carbons (Fsp3) is 0.200. The number of aromatic amines is 2. The van der Waals surface area contributed by atoms with Crippen LogP contribution in [0, 0.1) is 0 Å². The van der Waals surface area contributed by atoms with Crippen LogP contribution in [-0.2, 0) is 9.47 Å². The molecule has 0 amide bonds. The first-order chi connectivity index (χ1) is 25.5. The van der Waals surface area contributed by atoms with Gasteiger partial charge in [-0.05, 0) is 96.8 Å². The molecule has 0 unspecified atom stereocenters. The monoisotopic (exact) mass is 738 g/mol. The van der Waals surface area contributed by atoms with Crippen LogP contribution in [-0.4, -0.2) is 70.2 Å². The van der Waals surface area contributed by atoms with Crippen molar-refractivity contribution < 1.29 is 29.2 Å². The highest BCUT2D eigenvalue weighted by atomic mass is 35.5. The van der Waals surface area contributed by atoms with Gasteiger partial charge in [-0.1, -0.05) is 47.5 Å². The molecule has 266 valence electrons. The minimum absolute atomic E-state index is 0.0738. The van der Waals surface area contributed by atoms with Crippen molar-refractivity contribution in [2.45, 2.75) is 12.8 Å². The Morgan fingerprint density at radius 2 is 0.885 bits per heavy atom. The topological polar surface area (TPSA) is 135 Å². The molecule has 2 aromatic carbocycles. The maximum absolute atomic E-state index is 8.95. The van der Waals surface area contributed by atoms with Gasteiger partial charge < -0.3 is 39.1 Å². The minimum atomic E-state index is 0.0738. The maximum Gasteiger partial charge on any atom is 0.189 e. The molecular formula is C40H36Cl2N4O6. The summed E-state index contributed by atoms with van der Waals surface area (Å²) in [6.07, 6.45) is 8.82. The van der Waals surface area contributed by atoms with Crippen LogP contribution >= 0.6 is 23.2 Å². The summed E-state index contributed by atoms with van der Waals surface area (Å²) in [5.74, 6) is 1.30. The van der Waals surface area contributed by atoms with E-state index in [1.54, 1.807) is 0 Å². The van der Waals surface area contributed by atoms with E-state index in [0.29, 0.717) is 70.0 Å². The lowest BCUT2D eigenvalue weighted by Crippen LogP contribution is -2.05. The van der Waals surface area contributed by atoms with Crippen molar-refractivity contribution in [2.75, 3.05) is 40.0 Å². The van der Waals surface area contributed by atoms with Crippen molar-refractivity contribution in [3.8, 4) is 33.8 Å². The third-order valence-electron chi connectivity index (χ3n) is 8.42. The van der Waals surface area contributed by atoms with E-state index in [2.05, 4.69) is 9.97 Å². The number of nitrogens with one attached hydrogen (secondary N) is 2. The van der Waals surface area contributed by atoms with Crippen LogP contribution in [0.4, 0.5) is 0 Å². The molecule has 52 heavy (non-hydrogen) atoms. The van der Waals surface area contributed by atoms with Crippen molar-refractivity contribution in [3.05, 3.63) is 106 Å². The third kappa shape index (κ3) is 7.93. The number of nitrogens with zero attached hydrogens (tertiary/aromatic N) is 2. The normalized spacial score (nSPS) is 12.1. The van der Waals surface area contributed by atoms with Gasteiger partial charge in [0.25, 0.3) is 0 Å². The number of H-pyrrole nitrogens is 2. The van der Waals surface area contributed by atoms with Gasteiger partial charge >= 0.3 is 0 Å². The maximum atomic E-state index is 8.95. The average molecular weight is 740 g/mol. The number of halogens is 2. The molecule has 5 heterocycles. The quantitative estimate of drug-likeness (QED) is 0.0643. The van der Waals surface area contributed by atoms with E-state index in [-0.39, 0.29) is 26.8 Å². The van der Waals surface area contributed by atoms with Crippen LogP contribution < -0.4 is 9.47 Å². The Labute approximate surface area is 309 Å². The summed E-state index contributed by atoms with van der Waals surface area (Å²) in [7, 11) is 0. The Morgan fingerprint density at radius 3 is 1.29 bits per heavy atom. The number of rotatable bonds is 14. The molecule has 0 aliphatic carbocycles. The zero-order valence-electron chi connectivity index (χ0n) is 28.1. The molecule has 0 radical (unpaired) electrons. The van der Waals surface area contributed by atoms with Crippen LogP contribution in [0.25, 0.3) is 68.6 Å². The molecule has 7 rings (SSSR count). The van der Waals surface area contributed by atoms with E-state index in [4.69, 9.17) is 62.3 Å². The number of aliphatic hydroxyl groups excluding tert-OH is 2. The highest BCUT2D eigenvalue weighted by Gasteiger charge is 2.17. The van der Waals surface area contributed by atoms with Gasteiger partial charge in [0.05, 0.1) is 57.1 Å². The zero-order valence-corrected chi connectivity index (χ0v) is 29.6. The van der Waals surface area contributed by atoms with Crippen LogP contribution in [0.3, 0.4) is 0 Å². The molecular weight excluding hydrogens is 703 g/mol. The first-order valence-electron chi connectivity index (χ1n) is 16.8. The van der Waals surface area contributed by atoms with Gasteiger partial charge in [0.15, 0.2) is 13.6 Å². The van der Waals surface area contributed by atoms with Crippen LogP contribution in [0.2, 0.25) is 10.0 Å². The molecule has 0 fully saturated rings. The van der Waals surface area contributed by atoms with E-state index < -0.39 is 0 Å². The summed E-state index contributed by atoms with van der Waals surface area (Å²) < 4.78 is 22.3. The molecule has 2 aliphatic rings.